The van der Waals surface area contributed by atoms with Gasteiger partial charge in [0.2, 0.25) is 5.91 Å². The van der Waals surface area contributed by atoms with Crippen LogP contribution in [0.3, 0.4) is 0 Å². The number of fused-ring (bicyclic) bond motifs is 2. The van der Waals surface area contributed by atoms with Crippen LogP contribution in [0.4, 0.5) is 5.82 Å². The van der Waals surface area contributed by atoms with Crippen LogP contribution in [0.5, 0.6) is 0 Å². The largest absolute Gasteiger partial charge is 0.373 e. The summed E-state index contributed by atoms with van der Waals surface area (Å²) in [6.45, 7) is 0. The van der Waals surface area contributed by atoms with Crippen molar-refractivity contribution in [2.45, 2.75) is 31.5 Å². The number of rotatable bonds is 4. The van der Waals surface area contributed by atoms with Gasteiger partial charge in [0.1, 0.15) is 24.2 Å². The molecular weight excluding hydrogens is 382 g/mol. The predicted octanol–water partition coefficient (Wildman–Crippen LogP) is 1.86. The Bertz CT molecular complexity index is 1330. The van der Waals surface area contributed by atoms with E-state index in [2.05, 4.69) is 20.7 Å². The third-order valence-corrected chi connectivity index (χ3v) is 5.45. The molecule has 0 radical (unpaired) electrons. The molecule has 9 heteroatoms. The minimum absolute atomic E-state index is 0.259. The topological polar surface area (TPSA) is 109 Å². The number of aromatic nitrogens is 5. The number of amides is 1. The maximum Gasteiger partial charge on any atom is 0.249 e. The minimum Gasteiger partial charge on any atom is -0.373 e. The Morgan fingerprint density at radius 1 is 1.27 bits per heavy atom. The third kappa shape index (κ3) is 2.82. The van der Waals surface area contributed by atoms with Crippen LogP contribution in [0.15, 0.2) is 48.4 Å². The molecule has 1 atom stereocenters. The van der Waals surface area contributed by atoms with Crippen molar-refractivity contribution >= 4 is 34.5 Å². The molecule has 30 heavy (non-hydrogen) atoms. The molecule has 1 unspecified atom stereocenters. The minimum atomic E-state index is -0.849. The summed E-state index contributed by atoms with van der Waals surface area (Å²) in [4.78, 5) is 21.4. The fourth-order valence-electron chi connectivity index (χ4n) is 3.78. The number of carbonyl (C=O) groups excluding carboxylic acids is 1. The lowest BCUT2D eigenvalue weighted by Crippen LogP contribution is -2.24. The molecule has 3 N–H and O–H groups in total. The van der Waals surface area contributed by atoms with Gasteiger partial charge in [-0.15, -0.1) is 0 Å². The number of benzene rings is 1. The van der Waals surface area contributed by atoms with Crippen LogP contribution in [0.2, 0.25) is 0 Å². The van der Waals surface area contributed by atoms with Crippen LogP contribution in [-0.4, -0.2) is 47.4 Å². The highest BCUT2D eigenvalue weighted by Gasteiger charge is 2.26. The van der Waals surface area contributed by atoms with Crippen molar-refractivity contribution < 1.29 is 9.90 Å². The number of hydrogen-bond acceptors (Lipinski definition) is 6. The number of aliphatic hydroxyl groups is 1. The fourth-order valence-corrected chi connectivity index (χ4v) is 3.78. The second-order valence-corrected chi connectivity index (χ2v) is 7.72. The van der Waals surface area contributed by atoms with Crippen LogP contribution in [-0.2, 0) is 4.79 Å². The van der Waals surface area contributed by atoms with Crippen LogP contribution in [0.1, 0.15) is 24.8 Å². The first-order valence-electron chi connectivity index (χ1n) is 9.93. The van der Waals surface area contributed by atoms with Gasteiger partial charge in [-0.25, -0.2) is 9.97 Å². The molecule has 9 nitrogen and oxygen atoms in total. The van der Waals surface area contributed by atoms with Crippen molar-refractivity contribution in [2.75, 3.05) is 5.32 Å². The Morgan fingerprint density at radius 2 is 2.13 bits per heavy atom. The smallest absolute Gasteiger partial charge is 0.249 e. The van der Waals surface area contributed by atoms with E-state index in [0.29, 0.717) is 17.3 Å². The van der Waals surface area contributed by atoms with E-state index >= 15 is 0 Å². The van der Waals surface area contributed by atoms with Crippen molar-refractivity contribution in [3.8, 4) is 5.82 Å². The highest BCUT2D eigenvalue weighted by Crippen LogP contribution is 2.28. The number of anilines is 1. The molecule has 1 aliphatic carbocycles. The maximum absolute atomic E-state index is 12.1. The number of hydrogen-bond donors (Lipinski definition) is 3. The van der Waals surface area contributed by atoms with Crippen molar-refractivity contribution in [3.63, 3.8) is 0 Å². The van der Waals surface area contributed by atoms with Crippen molar-refractivity contribution in [2.24, 2.45) is 0 Å². The van der Waals surface area contributed by atoms with Crippen molar-refractivity contribution in [1.82, 2.24) is 29.5 Å². The Balaban J connectivity index is 1.53. The van der Waals surface area contributed by atoms with E-state index in [9.17, 15) is 9.90 Å². The van der Waals surface area contributed by atoms with Crippen molar-refractivity contribution in [3.05, 3.63) is 54.0 Å². The first-order valence-corrected chi connectivity index (χ1v) is 9.93. The first kappa shape index (κ1) is 17.2. The summed E-state index contributed by atoms with van der Waals surface area (Å²) < 4.78 is 3.71. The van der Waals surface area contributed by atoms with Gasteiger partial charge in [0, 0.05) is 29.7 Å². The summed E-state index contributed by atoms with van der Waals surface area (Å²) in [5, 5.41) is 20.2. The zero-order chi connectivity index (χ0) is 20.2. The molecule has 4 heterocycles. The molecule has 2 fully saturated rings. The van der Waals surface area contributed by atoms with Crippen LogP contribution in [0.25, 0.3) is 28.6 Å². The number of aliphatic hydroxyl groups excluding tert-OH is 1. The zero-order valence-electron chi connectivity index (χ0n) is 16.0. The number of nitrogens with one attached hydrogen (secondary N) is 2. The van der Waals surface area contributed by atoms with Crippen molar-refractivity contribution in [1.29, 1.82) is 0 Å². The van der Waals surface area contributed by atoms with Crippen LogP contribution < -0.4 is 10.6 Å². The molecule has 3 aromatic heterocycles. The second kappa shape index (κ2) is 6.39. The predicted molar refractivity (Wildman–Crippen MR) is 111 cm³/mol. The van der Waals surface area contributed by atoms with E-state index in [0.717, 1.165) is 41.1 Å². The van der Waals surface area contributed by atoms with Gasteiger partial charge in [-0.2, -0.15) is 9.61 Å². The van der Waals surface area contributed by atoms with E-state index < -0.39 is 6.23 Å². The normalized spacial score (nSPS) is 20.4. The summed E-state index contributed by atoms with van der Waals surface area (Å²) in [5.41, 5.74) is 3.72. The van der Waals surface area contributed by atoms with E-state index in [1.54, 1.807) is 23.1 Å². The van der Waals surface area contributed by atoms with E-state index in [-0.39, 0.29) is 12.3 Å². The van der Waals surface area contributed by atoms with Crippen LogP contribution >= 0.6 is 0 Å². The average molecular weight is 401 g/mol. The standard InChI is InChI=1S/C21H19N7O2/c29-19-8-12(21(30)26-19)7-13-10-23-28-18(24-14-5-6-14)9-17(25-20(13)28)27-11-22-15-3-1-2-4-16(15)27/h1-4,7,9-11,14,19,24,29H,5-6,8H2,(H,26,30)/b12-7+. The Kier molecular flexibility index (Phi) is 3.66. The summed E-state index contributed by atoms with van der Waals surface area (Å²) in [5.74, 6) is 1.29. The maximum atomic E-state index is 12.1. The van der Waals surface area contributed by atoms with Gasteiger partial charge in [0.25, 0.3) is 0 Å². The lowest BCUT2D eigenvalue weighted by molar-refractivity contribution is -0.117. The fraction of sp³-hybridized carbons (Fsp3) is 0.238. The average Bonchev–Trinajstić information content (AvgIpc) is 3.16. The summed E-state index contributed by atoms with van der Waals surface area (Å²) in [7, 11) is 0. The van der Waals surface area contributed by atoms with E-state index in [1.165, 1.54) is 0 Å². The Labute approximate surface area is 171 Å². The number of nitrogens with zero attached hydrogens (tertiary/aromatic N) is 5. The molecule has 4 aromatic rings. The lowest BCUT2D eigenvalue weighted by Gasteiger charge is -2.11. The lowest BCUT2D eigenvalue weighted by atomic mass is 10.1. The van der Waals surface area contributed by atoms with Gasteiger partial charge in [0.15, 0.2) is 5.65 Å². The summed E-state index contributed by atoms with van der Waals surface area (Å²) in [6, 6.07) is 10.3. The second-order valence-electron chi connectivity index (χ2n) is 7.72. The monoisotopic (exact) mass is 401 g/mol. The van der Waals surface area contributed by atoms with E-state index in [4.69, 9.17) is 4.98 Å². The number of imidazole rings is 1. The molecule has 150 valence electrons. The van der Waals surface area contributed by atoms with Gasteiger partial charge in [-0.1, -0.05) is 12.1 Å². The highest BCUT2D eigenvalue weighted by molar-refractivity contribution is 6.00. The van der Waals surface area contributed by atoms with Gasteiger partial charge >= 0.3 is 0 Å². The molecule has 1 saturated heterocycles. The van der Waals surface area contributed by atoms with Gasteiger partial charge in [0.05, 0.1) is 17.2 Å². The molecular formula is C21H19N7O2. The molecule has 1 aromatic carbocycles. The highest BCUT2D eigenvalue weighted by atomic mass is 16.3. The Morgan fingerprint density at radius 3 is 2.93 bits per heavy atom. The number of carbonyl (C=O) groups is 1. The summed E-state index contributed by atoms with van der Waals surface area (Å²) >= 11 is 0. The van der Waals surface area contributed by atoms with Gasteiger partial charge in [-0.05, 0) is 31.1 Å². The first-order chi connectivity index (χ1) is 14.7. The molecule has 0 bridgehead atoms. The van der Waals surface area contributed by atoms with Crippen LogP contribution in [0, 0.1) is 0 Å². The molecule has 2 aliphatic rings. The third-order valence-electron chi connectivity index (χ3n) is 5.45. The SMILES string of the molecule is O=C1NC(O)C/C1=C\c1cnn2c(NC3CC3)cc(-n3cnc4ccccc43)nc12. The summed E-state index contributed by atoms with van der Waals surface area (Å²) in [6.07, 6.45) is 6.87. The van der Waals surface area contributed by atoms with Gasteiger partial charge in [-0.3, -0.25) is 9.36 Å². The molecule has 1 aliphatic heterocycles. The zero-order valence-corrected chi connectivity index (χ0v) is 16.0. The van der Waals surface area contributed by atoms with E-state index in [1.807, 2.05) is 34.9 Å². The van der Waals surface area contributed by atoms with Gasteiger partial charge < -0.3 is 15.7 Å². The molecule has 6 rings (SSSR count). The Hall–Kier alpha value is -3.72. The molecule has 0 spiro atoms. The molecule has 1 amide bonds. The number of para-hydroxylation sites is 2. The molecule has 1 saturated carbocycles. The quantitative estimate of drug-likeness (QED) is 0.451.